The lowest BCUT2D eigenvalue weighted by Crippen LogP contribution is -2.14. The molecule has 0 atom stereocenters. The molecule has 1 amide bonds. The fraction of sp³-hybridized carbons (Fsp3) is 0.0714. The van der Waals surface area contributed by atoms with Crippen molar-refractivity contribution >= 4 is 23.2 Å². The van der Waals surface area contributed by atoms with E-state index in [0.717, 1.165) is 0 Å². The predicted octanol–water partition coefficient (Wildman–Crippen LogP) is 4.18. The molecule has 0 bridgehead atoms. The van der Waals surface area contributed by atoms with Crippen LogP contribution < -0.4 is 5.32 Å². The molecule has 2 aromatic rings. The third kappa shape index (κ3) is 2.90. The van der Waals surface area contributed by atoms with E-state index >= 15 is 0 Å². The van der Waals surface area contributed by atoms with Crippen LogP contribution in [0.2, 0.25) is 5.02 Å². The van der Waals surface area contributed by atoms with E-state index in [2.05, 4.69) is 5.32 Å². The van der Waals surface area contributed by atoms with Crippen LogP contribution in [-0.4, -0.2) is 5.91 Å². The van der Waals surface area contributed by atoms with Gasteiger partial charge in [-0.25, -0.2) is 8.78 Å². The van der Waals surface area contributed by atoms with Crippen molar-refractivity contribution < 1.29 is 13.6 Å². The zero-order valence-electron chi connectivity index (χ0n) is 10.0. The van der Waals surface area contributed by atoms with Gasteiger partial charge in [-0.15, -0.1) is 0 Å². The van der Waals surface area contributed by atoms with Crippen molar-refractivity contribution in [3.63, 3.8) is 0 Å². The number of para-hydroxylation sites is 1. The highest BCUT2D eigenvalue weighted by atomic mass is 35.5. The molecule has 0 aliphatic rings. The predicted molar refractivity (Wildman–Crippen MR) is 70.5 cm³/mol. The highest BCUT2D eigenvalue weighted by Gasteiger charge is 2.14. The van der Waals surface area contributed by atoms with Gasteiger partial charge in [-0.3, -0.25) is 4.79 Å². The zero-order valence-corrected chi connectivity index (χ0v) is 10.8. The molecule has 5 heteroatoms. The molecule has 0 unspecified atom stereocenters. The van der Waals surface area contributed by atoms with Crippen LogP contribution >= 0.6 is 11.6 Å². The molecule has 98 valence electrons. The Hall–Kier alpha value is -1.94. The molecule has 0 aromatic heterocycles. The van der Waals surface area contributed by atoms with Crippen LogP contribution in [0.15, 0.2) is 36.4 Å². The number of carbonyl (C=O) groups is 1. The summed E-state index contributed by atoms with van der Waals surface area (Å²) in [6, 6.07) is 7.85. The third-order valence-corrected chi connectivity index (χ3v) is 2.95. The first-order valence-corrected chi connectivity index (χ1v) is 5.88. The Morgan fingerprint density at radius 3 is 2.58 bits per heavy atom. The van der Waals surface area contributed by atoms with E-state index in [1.165, 1.54) is 36.4 Å². The molecule has 0 saturated carbocycles. The lowest BCUT2D eigenvalue weighted by atomic mass is 10.1. The van der Waals surface area contributed by atoms with E-state index in [-0.39, 0.29) is 16.3 Å². The quantitative estimate of drug-likeness (QED) is 0.879. The second kappa shape index (κ2) is 5.36. The van der Waals surface area contributed by atoms with Crippen molar-refractivity contribution in [3.8, 4) is 0 Å². The van der Waals surface area contributed by atoms with Gasteiger partial charge in [0.1, 0.15) is 11.6 Å². The molecule has 0 aliphatic carbocycles. The van der Waals surface area contributed by atoms with E-state index in [9.17, 15) is 13.6 Å². The minimum atomic E-state index is -0.624. The van der Waals surface area contributed by atoms with Gasteiger partial charge in [-0.2, -0.15) is 0 Å². The van der Waals surface area contributed by atoms with E-state index < -0.39 is 17.5 Å². The Kier molecular flexibility index (Phi) is 3.81. The van der Waals surface area contributed by atoms with Gasteiger partial charge in [0.05, 0.1) is 10.7 Å². The highest BCUT2D eigenvalue weighted by molar-refractivity contribution is 6.34. The monoisotopic (exact) mass is 281 g/mol. The SMILES string of the molecule is Cc1cc(F)ccc1C(=O)Nc1c(F)cccc1Cl. The minimum Gasteiger partial charge on any atom is -0.318 e. The van der Waals surface area contributed by atoms with Crippen molar-refractivity contribution in [2.75, 3.05) is 5.32 Å². The summed E-state index contributed by atoms with van der Waals surface area (Å²) in [5.41, 5.74) is 0.642. The number of rotatable bonds is 2. The van der Waals surface area contributed by atoms with E-state index in [4.69, 9.17) is 11.6 Å². The molecule has 2 rings (SSSR count). The standard InChI is InChI=1S/C14H10ClF2NO/c1-8-7-9(16)5-6-10(8)14(19)18-13-11(15)3-2-4-12(13)17/h2-7H,1H3,(H,18,19). The number of aryl methyl sites for hydroxylation is 1. The van der Waals surface area contributed by atoms with Crippen LogP contribution in [0.25, 0.3) is 0 Å². The zero-order chi connectivity index (χ0) is 14.0. The number of hydrogen-bond acceptors (Lipinski definition) is 1. The van der Waals surface area contributed by atoms with Crippen LogP contribution in [0.4, 0.5) is 14.5 Å². The molecule has 2 aromatic carbocycles. The smallest absolute Gasteiger partial charge is 0.256 e. The lowest BCUT2D eigenvalue weighted by molar-refractivity contribution is 0.102. The van der Waals surface area contributed by atoms with Gasteiger partial charge in [-0.05, 0) is 42.8 Å². The molecule has 1 N–H and O–H groups in total. The van der Waals surface area contributed by atoms with Crippen LogP contribution in [0, 0.1) is 18.6 Å². The Balaban J connectivity index is 2.31. The second-order valence-electron chi connectivity index (χ2n) is 4.01. The molecule has 0 aliphatic heterocycles. The third-order valence-electron chi connectivity index (χ3n) is 2.63. The van der Waals surface area contributed by atoms with Gasteiger partial charge < -0.3 is 5.32 Å². The average molecular weight is 282 g/mol. The summed E-state index contributed by atoms with van der Waals surface area (Å²) >= 11 is 5.81. The molecule has 2 nitrogen and oxygen atoms in total. The van der Waals surface area contributed by atoms with Gasteiger partial charge in [0.25, 0.3) is 5.91 Å². The Bertz CT molecular complexity index is 623. The number of hydrogen-bond donors (Lipinski definition) is 1. The summed E-state index contributed by atoms with van der Waals surface area (Å²) in [5.74, 6) is -1.59. The second-order valence-corrected chi connectivity index (χ2v) is 4.42. The fourth-order valence-electron chi connectivity index (χ4n) is 1.68. The topological polar surface area (TPSA) is 29.1 Å². The molecule has 19 heavy (non-hydrogen) atoms. The maximum absolute atomic E-state index is 13.5. The normalized spacial score (nSPS) is 10.3. The lowest BCUT2D eigenvalue weighted by Gasteiger charge is -2.10. The molecule has 0 fully saturated rings. The van der Waals surface area contributed by atoms with Gasteiger partial charge in [0.15, 0.2) is 0 Å². The van der Waals surface area contributed by atoms with Gasteiger partial charge in [0, 0.05) is 5.56 Å². The van der Waals surface area contributed by atoms with Crippen LogP contribution in [-0.2, 0) is 0 Å². The highest BCUT2D eigenvalue weighted by Crippen LogP contribution is 2.25. The number of nitrogens with one attached hydrogen (secondary N) is 1. The van der Waals surface area contributed by atoms with E-state index in [1.54, 1.807) is 6.92 Å². The van der Waals surface area contributed by atoms with E-state index in [0.29, 0.717) is 5.56 Å². The first-order valence-electron chi connectivity index (χ1n) is 5.50. The maximum atomic E-state index is 13.5. The Morgan fingerprint density at radius 1 is 1.21 bits per heavy atom. The summed E-state index contributed by atoms with van der Waals surface area (Å²) in [7, 11) is 0. The molecule has 0 heterocycles. The summed E-state index contributed by atoms with van der Waals surface area (Å²) in [6.45, 7) is 1.60. The maximum Gasteiger partial charge on any atom is 0.256 e. The molecule has 0 spiro atoms. The van der Waals surface area contributed by atoms with Crippen molar-refractivity contribution in [3.05, 3.63) is 64.2 Å². The number of amides is 1. The number of benzene rings is 2. The van der Waals surface area contributed by atoms with Gasteiger partial charge in [0.2, 0.25) is 0 Å². The molecular weight excluding hydrogens is 272 g/mol. The molecule has 0 saturated heterocycles. The largest absolute Gasteiger partial charge is 0.318 e. The van der Waals surface area contributed by atoms with Gasteiger partial charge in [-0.1, -0.05) is 17.7 Å². The Morgan fingerprint density at radius 2 is 1.95 bits per heavy atom. The van der Waals surface area contributed by atoms with Crippen molar-refractivity contribution in [2.24, 2.45) is 0 Å². The van der Waals surface area contributed by atoms with Crippen molar-refractivity contribution in [2.45, 2.75) is 6.92 Å². The van der Waals surface area contributed by atoms with E-state index in [1.807, 2.05) is 0 Å². The summed E-state index contributed by atoms with van der Waals surface area (Å²) < 4.78 is 26.5. The summed E-state index contributed by atoms with van der Waals surface area (Å²) in [6.07, 6.45) is 0. The minimum absolute atomic E-state index is 0.0853. The van der Waals surface area contributed by atoms with Crippen LogP contribution in [0.1, 0.15) is 15.9 Å². The van der Waals surface area contributed by atoms with Crippen LogP contribution in [0.5, 0.6) is 0 Å². The van der Waals surface area contributed by atoms with Crippen molar-refractivity contribution in [1.82, 2.24) is 0 Å². The molecular formula is C14H10ClF2NO. The first-order chi connectivity index (χ1) is 8.99. The van der Waals surface area contributed by atoms with Crippen LogP contribution in [0.3, 0.4) is 0 Å². The Labute approximate surface area is 114 Å². The number of halogens is 3. The summed E-state index contributed by atoms with van der Waals surface area (Å²) in [5, 5.41) is 2.49. The summed E-state index contributed by atoms with van der Waals surface area (Å²) in [4.78, 5) is 12.0. The van der Waals surface area contributed by atoms with Crippen molar-refractivity contribution in [1.29, 1.82) is 0 Å². The number of carbonyl (C=O) groups excluding carboxylic acids is 1. The number of anilines is 1. The first kappa shape index (κ1) is 13.5. The molecule has 0 radical (unpaired) electrons. The average Bonchev–Trinajstić information content (AvgIpc) is 2.33. The van der Waals surface area contributed by atoms with Gasteiger partial charge >= 0.3 is 0 Å². The fourth-order valence-corrected chi connectivity index (χ4v) is 1.89.